The topological polar surface area (TPSA) is 58.6 Å². The van der Waals surface area contributed by atoms with Gasteiger partial charge in [0.2, 0.25) is 0 Å². The number of amides is 1. The van der Waals surface area contributed by atoms with Crippen LogP contribution in [-0.4, -0.2) is 58.0 Å². The molecular weight excluding hydrogens is 264 g/mol. The molecule has 19 heavy (non-hydrogen) atoms. The van der Waals surface area contributed by atoms with Gasteiger partial charge in [0.25, 0.3) is 0 Å². The van der Waals surface area contributed by atoms with Gasteiger partial charge >= 0.3 is 6.09 Å². The summed E-state index contributed by atoms with van der Waals surface area (Å²) in [6.45, 7) is 9.02. The molecule has 0 aromatic heterocycles. The van der Waals surface area contributed by atoms with Crippen molar-refractivity contribution in [3.8, 4) is 0 Å². The minimum atomic E-state index is -0.794. The highest BCUT2D eigenvalue weighted by Crippen LogP contribution is 2.15. The lowest BCUT2D eigenvalue weighted by Gasteiger charge is -2.25. The summed E-state index contributed by atoms with van der Waals surface area (Å²) < 4.78 is 16.5. The quantitative estimate of drug-likeness (QED) is 0.849. The van der Waals surface area contributed by atoms with Crippen molar-refractivity contribution in [1.82, 2.24) is 10.2 Å². The van der Waals surface area contributed by atoms with E-state index in [1.807, 2.05) is 27.7 Å². The van der Waals surface area contributed by atoms with Gasteiger partial charge < -0.3 is 15.0 Å². The van der Waals surface area contributed by atoms with Crippen LogP contribution in [0.2, 0.25) is 0 Å². The van der Waals surface area contributed by atoms with E-state index in [1.54, 1.807) is 11.2 Å². The number of hydrogen-bond acceptors (Lipinski definition) is 4. The number of rotatable bonds is 4. The summed E-state index contributed by atoms with van der Waals surface area (Å²) in [6.07, 6.45) is 2.38. The maximum absolute atomic E-state index is 11.9. The van der Waals surface area contributed by atoms with Crippen LogP contribution < -0.4 is 5.32 Å². The molecule has 1 saturated heterocycles. The molecule has 1 rings (SSSR count). The van der Waals surface area contributed by atoms with Gasteiger partial charge in [0.1, 0.15) is 5.60 Å². The Kier molecular flexibility index (Phi) is 5.80. The first-order valence-electron chi connectivity index (χ1n) is 6.71. The zero-order valence-electron chi connectivity index (χ0n) is 12.6. The first-order valence-corrected chi connectivity index (χ1v) is 8.44. The largest absolute Gasteiger partial charge is 0.444 e. The minimum Gasteiger partial charge on any atom is -0.444 e. The van der Waals surface area contributed by atoms with E-state index in [0.29, 0.717) is 18.8 Å². The van der Waals surface area contributed by atoms with E-state index in [9.17, 15) is 9.00 Å². The number of carbonyl (C=O) groups is 1. The van der Waals surface area contributed by atoms with Crippen LogP contribution in [0.4, 0.5) is 4.79 Å². The van der Waals surface area contributed by atoms with Crippen LogP contribution in [0.3, 0.4) is 0 Å². The van der Waals surface area contributed by atoms with Crippen molar-refractivity contribution in [1.29, 1.82) is 0 Å². The molecule has 1 heterocycles. The van der Waals surface area contributed by atoms with E-state index in [0.717, 1.165) is 6.42 Å². The Balaban J connectivity index is 2.37. The number of ether oxygens (including phenoxy) is 1. The molecule has 5 nitrogen and oxygen atoms in total. The zero-order chi connectivity index (χ0) is 14.6. The molecule has 0 bridgehead atoms. The SMILES string of the molecule is CC(CS(C)=O)NC1CCN(C(=O)OC(C)(C)C)C1. The van der Waals surface area contributed by atoms with Gasteiger partial charge in [-0.2, -0.15) is 0 Å². The molecule has 0 saturated carbocycles. The predicted molar refractivity (Wildman–Crippen MR) is 77.7 cm³/mol. The second-order valence-corrected chi connectivity index (χ2v) is 7.70. The molecule has 3 atom stereocenters. The van der Waals surface area contributed by atoms with Crippen LogP contribution in [0, 0.1) is 0 Å². The highest BCUT2D eigenvalue weighted by molar-refractivity contribution is 7.84. The average Bonchev–Trinajstić information content (AvgIpc) is 2.61. The lowest BCUT2D eigenvalue weighted by Crippen LogP contribution is -2.42. The van der Waals surface area contributed by atoms with Crippen LogP contribution in [0.5, 0.6) is 0 Å². The van der Waals surface area contributed by atoms with Crippen LogP contribution in [0.1, 0.15) is 34.1 Å². The van der Waals surface area contributed by atoms with E-state index in [1.165, 1.54) is 0 Å². The van der Waals surface area contributed by atoms with E-state index >= 15 is 0 Å². The molecule has 3 unspecified atom stereocenters. The minimum absolute atomic E-state index is 0.203. The van der Waals surface area contributed by atoms with Gasteiger partial charge in [0.15, 0.2) is 0 Å². The van der Waals surface area contributed by atoms with Crippen molar-refractivity contribution < 1.29 is 13.7 Å². The molecule has 6 heteroatoms. The number of carbonyl (C=O) groups excluding carboxylic acids is 1. The molecule has 0 aromatic rings. The second-order valence-electron chi connectivity index (χ2n) is 6.22. The third kappa shape index (κ3) is 6.38. The summed E-state index contributed by atoms with van der Waals surface area (Å²) in [7, 11) is -0.794. The summed E-state index contributed by atoms with van der Waals surface area (Å²) in [5.74, 6) is 0.642. The molecule has 112 valence electrons. The molecule has 0 radical (unpaired) electrons. The van der Waals surface area contributed by atoms with Gasteiger partial charge in [-0.25, -0.2) is 4.79 Å². The van der Waals surface area contributed by atoms with E-state index in [2.05, 4.69) is 5.32 Å². The van der Waals surface area contributed by atoms with Gasteiger partial charge in [0.05, 0.1) is 0 Å². The summed E-state index contributed by atoms with van der Waals surface area (Å²) >= 11 is 0. The molecule has 1 fully saturated rings. The molecule has 0 aromatic carbocycles. The van der Waals surface area contributed by atoms with Gasteiger partial charge in [0, 0.05) is 48.0 Å². The molecule has 1 N–H and O–H groups in total. The summed E-state index contributed by atoms with van der Waals surface area (Å²) in [5, 5.41) is 3.42. The first kappa shape index (κ1) is 16.4. The molecule has 0 spiro atoms. The molecular formula is C13H26N2O3S. The molecule has 1 amide bonds. The average molecular weight is 290 g/mol. The van der Waals surface area contributed by atoms with E-state index in [-0.39, 0.29) is 18.2 Å². The Morgan fingerprint density at radius 2 is 2.16 bits per heavy atom. The standard InChI is InChI=1S/C13H26N2O3S/c1-10(9-19(5)17)14-11-6-7-15(8-11)12(16)18-13(2,3)4/h10-11,14H,6-9H2,1-5H3. The van der Waals surface area contributed by atoms with Crippen molar-refractivity contribution in [3.05, 3.63) is 0 Å². The van der Waals surface area contributed by atoms with Gasteiger partial charge in [-0.15, -0.1) is 0 Å². The molecule has 0 aliphatic carbocycles. The highest BCUT2D eigenvalue weighted by atomic mass is 32.2. The Hall–Kier alpha value is -0.620. The Morgan fingerprint density at radius 3 is 2.68 bits per heavy atom. The Bertz CT molecular complexity index is 341. The number of hydrogen-bond donors (Lipinski definition) is 1. The monoisotopic (exact) mass is 290 g/mol. The highest BCUT2D eigenvalue weighted by Gasteiger charge is 2.30. The van der Waals surface area contributed by atoms with Crippen LogP contribution in [-0.2, 0) is 15.5 Å². The number of nitrogens with zero attached hydrogens (tertiary/aromatic N) is 1. The van der Waals surface area contributed by atoms with Gasteiger partial charge in [-0.3, -0.25) is 4.21 Å². The third-order valence-corrected chi connectivity index (χ3v) is 3.81. The van der Waals surface area contributed by atoms with E-state index in [4.69, 9.17) is 4.74 Å². The van der Waals surface area contributed by atoms with Crippen molar-refractivity contribution >= 4 is 16.9 Å². The fourth-order valence-electron chi connectivity index (χ4n) is 2.19. The maximum atomic E-state index is 11.9. The van der Waals surface area contributed by atoms with Gasteiger partial charge in [-0.05, 0) is 34.1 Å². The van der Waals surface area contributed by atoms with Crippen LogP contribution in [0.25, 0.3) is 0 Å². The third-order valence-electron chi connectivity index (χ3n) is 2.84. The lowest BCUT2D eigenvalue weighted by molar-refractivity contribution is 0.0290. The smallest absolute Gasteiger partial charge is 0.410 e. The maximum Gasteiger partial charge on any atom is 0.410 e. The Labute approximate surface area is 118 Å². The normalized spacial score (nSPS) is 23.2. The van der Waals surface area contributed by atoms with Crippen LogP contribution >= 0.6 is 0 Å². The van der Waals surface area contributed by atoms with Crippen molar-refractivity contribution in [2.75, 3.05) is 25.1 Å². The van der Waals surface area contributed by atoms with Crippen molar-refractivity contribution in [2.24, 2.45) is 0 Å². The summed E-state index contributed by atoms with van der Waals surface area (Å²) in [6, 6.07) is 0.473. The van der Waals surface area contributed by atoms with Crippen molar-refractivity contribution in [2.45, 2.75) is 51.8 Å². The summed E-state index contributed by atoms with van der Waals surface area (Å²) in [5.41, 5.74) is -0.449. The molecule has 1 aliphatic heterocycles. The Morgan fingerprint density at radius 1 is 1.53 bits per heavy atom. The number of nitrogens with one attached hydrogen (secondary N) is 1. The zero-order valence-corrected chi connectivity index (χ0v) is 13.4. The first-order chi connectivity index (χ1) is 8.67. The fraction of sp³-hybridized carbons (Fsp3) is 0.923. The number of likely N-dealkylation sites (tertiary alicyclic amines) is 1. The van der Waals surface area contributed by atoms with Gasteiger partial charge in [-0.1, -0.05) is 0 Å². The van der Waals surface area contributed by atoms with E-state index < -0.39 is 16.4 Å². The second kappa shape index (κ2) is 6.70. The molecule has 1 aliphatic rings. The van der Waals surface area contributed by atoms with Crippen LogP contribution in [0.15, 0.2) is 0 Å². The summed E-state index contributed by atoms with van der Waals surface area (Å²) in [4.78, 5) is 13.6. The predicted octanol–water partition coefficient (Wildman–Crippen LogP) is 1.35. The fourth-order valence-corrected chi connectivity index (χ4v) is 2.99. The van der Waals surface area contributed by atoms with Crippen molar-refractivity contribution in [3.63, 3.8) is 0 Å². The lowest BCUT2D eigenvalue weighted by atomic mass is 10.2.